The first kappa shape index (κ1) is 19.2. The van der Waals surface area contributed by atoms with E-state index < -0.39 is 0 Å². The molecule has 0 bridgehead atoms. The van der Waals surface area contributed by atoms with Gasteiger partial charge in [-0.2, -0.15) is 0 Å². The van der Waals surface area contributed by atoms with Crippen LogP contribution in [-0.2, 0) is 24.8 Å². The Kier molecular flexibility index (Phi) is 5.89. The van der Waals surface area contributed by atoms with Gasteiger partial charge in [0.15, 0.2) is 11.0 Å². The summed E-state index contributed by atoms with van der Waals surface area (Å²) < 4.78 is 7.69. The fourth-order valence-electron chi connectivity index (χ4n) is 2.16. The van der Waals surface area contributed by atoms with Crippen LogP contribution in [0.1, 0.15) is 37.3 Å². The number of thiazole rings is 1. The number of benzene rings is 1. The number of rotatable bonds is 6. The van der Waals surface area contributed by atoms with E-state index in [0.29, 0.717) is 17.4 Å². The van der Waals surface area contributed by atoms with E-state index in [9.17, 15) is 0 Å². The van der Waals surface area contributed by atoms with Crippen molar-refractivity contribution < 1.29 is 4.74 Å². The zero-order valence-electron chi connectivity index (χ0n) is 15.2. The molecular weight excluding hydrogens is 388 g/mol. The molecule has 0 aliphatic carbocycles. The summed E-state index contributed by atoms with van der Waals surface area (Å²) in [5, 5.41) is 13.2. The summed E-state index contributed by atoms with van der Waals surface area (Å²) in [5.74, 6) is 2.16. The van der Waals surface area contributed by atoms with Crippen LogP contribution in [0, 0.1) is 0 Å². The predicted octanol–water partition coefficient (Wildman–Crippen LogP) is 5.09. The summed E-state index contributed by atoms with van der Waals surface area (Å²) in [5.41, 5.74) is 1.16. The molecule has 5 nitrogen and oxygen atoms in total. The van der Waals surface area contributed by atoms with Gasteiger partial charge in [-0.15, -0.1) is 21.5 Å². The lowest BCUT2D eigenvalue weighted by atomic mass is 9.98. The molecule has 3 rings (SSSR count). The van der Waals surface area contributed by atoms with E-state index in [-0.39, 0.29) is 5.41 Å². The SMILES string of the molecule is Cn1c(COc2ccccc2Cl)nnc1SCc1csc(C(C)(C)C)n1. The molecule has 0 unspecified atom stereocenters. The lowest BCUT2D eigenvalue weighted by Crippen LogP contribution is -2.10. The van der Waals surface area contributed by atoms with Crippen molar-refractivity contribution in [3.05, 3.63) is 51.2 Å². The minimum Gasteiger partial charge on any atom is -0.484 e. The van der Waals surface area contributed by atoms with Crippen LogP contribution in [0.3, 0.4) is 0 Å². The van der Waals surface area contributed by atoms with Gasteiger partial charge in [-0.25, -0.2) is 4.98 Å². The Labute approximate surface area is 166 Å². The van der Waals surface area contributed by atoms with E-state index in [4.69, 9.17) is 21.3 Å². The number of hydrogen-bond acceptors (Lipinski definition) is 6. The molecule has 0 spiro atoms. The molecule has 2 heterocycles. The zero-order chi connectivity index (χ0) is 18.7. The fourth-order valence-corrected chi connectivity index (χ4v) is 4.18. The summed E-state index contributed by atoms with van der Waals surface area (Å²) in [6.45, 7) is 6.85. The van der Waals surface area contributed by atoms with Gasteiger partial charge in [-0.1, -0.05) is 56.3 Å². The van der Waals surface area contributed by atoms with E-state index in [1.807, 2.05) is 29.8 Å². The Bertz CT molecular complexity index is 885. The number of halogens is 1. The topological polar surface area (TPSA) is 52.8 Å². The first-order chi connectivity index (χ1) is 12.3. The number of para-hydroxylation sites is 1. The van der Waals surface area contributed by atoms with Crippen molar-refractivity contribution >= 4 is 34.7 Å². The number of aromatic nitrogens is 4. The third-order valence-electron chi connectivity index (χ3n) is 3.66. The summed E-state index contributed by atoms with van der Waals surface area (Å²) in [6.07, 6.45) is 0. The van der Waals surface area contributed by atoms with Crippen molar-refractivity contribution in [2.75, 3.05) is 0 Å². The predicted molar refractivity (Wildman–Crippen MR) is 107 cm³/mol. The molecule has 26 heavy (non-hydrogen) atoms. The molecule has 0 fully saturated rings. The van der Waals surface area contributed by atoms with Crippen LogP contribution in [0.25, 0.3) is 0 Å². The summed E-state index contributed by atoms with van der Waals surface area (Å²) in [6, 6.07) is 7.40. The van der Waals surface area contributed by atoms with Crippen LogP contribution in [-0.4, -0.2) is 19.7 Å². The minimum atomic E-state index is 0.0849. The summed E-state index contributed by atoms with van der Waals surface area (Å²) in [7, 11) is 1.94. The molecule has 0 atom stereocenters. The van der Waals surface area contributed by atoms with Crippen molar-refractivity contribution in [1.82, 2.24) is 19.7 Å². The normalized spacial score (nSPS) is 11.7. The zero-order valence-corrected chi connectivity index (χ0v) is 17.6. The second-order valence-corrected chi connectivity index (χ2v) is 9.07. The van der Waals surface area contributed by atoms with Gasteiger partial charge in [-0.05, 0) is 12.1 Å². The fraction of sp³-hybridized carbons (Fsp3) is 0.389. The highest BCUT2D eigenvalue weighted by Gasteiger charge is 2.18. The molecule has 8 heteroatoms. The number of nitrogens with zero attached hydrogens (tertiary/aromatic N) is 4. The van der Waals surface area contributed by atoms with Gasteiger partial charge in [0.05, 0.1) is 15.7 Å². The molecule has 0 aliphatic heterocycles. The number of hydrogen-bond donors (Lipinski definition) is 0. The van der Waals surface area contributed by atoms with Gasteiger partial charge >= 0.3 is 0 Å². The standard InChI is InChI=1S/C18H21ClN4OS2/c1-18(2,3)16-20-12(10-25-16)11-26-17-22-21-15(23(17)4)9-24-14-8-6-5-7-13(14)19/h5-8,10H,9,11H2,1-4H3. The van der Waals surface area contributed by atoms with E-state index in [1.54, 1.807) is 29.2 Å². The first-order valence-electron chi connectivity index (χ1n) is 8.18. The maximum absolute atomic E-state index is 6.11. The molecule has 0 aliphatic rings. The average molecular weight is 409 g/mol. The third-order valence-corrected chi connectivity index (χ3v) is 6.34. The first-order valence-corrected chi connectivity index (χ1v) is 10.4. The van der Waals surface area contributed by atoms with Gasteiger partial charge in [0.25, 0.3) is 0 Å². The number of ether oxygens (including phenoxy) is 1. The van der Waals surface area contributed by atoms with Gasteiger partial charge in [-0.3, -0.25) is 0 Å². The second-order valence-electron chi connectivity index (χ2n) is 6.86. The van der Waals surface area contributed by atoms with Gasteiger partial charge in [0, 0.05) is 23.6 Å². The molecule has 0 saturated heterocycles. The lowest BCUT2D eigenvalue weighted by molar-refractivity contribution is 0.290. The van der Waals surface area contributed by atoms with Crippen molar-refractivity contribution in [3.8, 4) is 5.75 Å². The average Bonchev–Trinajstić information content (AvgIpc) is 3.19. The van der Waals surface area contributed by atoms with E-state index >= 15 is 0 Å². The summed E-state index contributed by atoms with van der Waals surface area (Å²) in [4.78, 5) is 4.72. The van der Waals surface area contributed by atoms with Crippen LogP contribution in [0.15, 0.2) is 34.8 Å². The van der Waals surface area contributed by atoms with Gasteiger partial charge in [0.1, 0.15) is 12.4 Å². The van der Waals surface area contributed by atoms with Gasteiger partial charge < -0.3 is 9.30 Å². The minimum absolute atomic E-state index is 0.0849. The Morgan fingerprint density at radius 3 is 2.69 bits per heavy atom. The Morgan fingerprint density at radius 2 is 2.00 bits per heavy atom. The van der Waals surface area contributed by atoms with Crippen molar-refractivity contribution in [2.45, 2.75) is 43.7 Å². The Balaban J connectivity index is 1.60. The van der Waals surface area contributed by atoms with Crippen LogP contribution >= 0.6 is 34.7 Å². The smallest absolute Gasteiger partial charge is 0.191 e. The molecule has 3 aromatic rings. The van der Waals surface area contributed by atoms with Gasteiger partial charge in [0.2, 0.25) is 0 Å². The molecule has 2 aromatic heterocycles. The largest absolute Gasteiger partial charge is 0.484 e. The van der Waals surface area contributed by atoms with E-state index in [2.05, 4.69) is 36.3 Å². The van der Waals surface area contributed by atoms with Crippen molar-refractivity contribution in [2.24, 2.45) is 7.05 Å². The third kappa shape index (κ3) is 4.58. The van der Waals surface area contributed by atoms with Crippen LogP contribution in [0.2, 0.25) is 5.02 Å². The van der Waals surface area contributed by atoms with E-state index in [1.165, 1.54) is 0 Å². The Morgan fingerprint density at radius 1 is 1.23 bits per heavy atom. The maximum Gasteiger partial charge on any atom is 0.191 e. The van der Waals surface area contributed by atoms with Crippen molar-refractivity contribution in [3.63, 3.8) is 0 Å². The molecular formula is C18H21ClN4OS2. The molecule has 0 radical (unpaired) electrons. The molecule has 0 saturated carbocycles. The second kappa shape index (κ2) is 7.98. The van der Waals surface area contributed by atoms with Crippen LogP contribution in [0.4, 0.5) is 0 Å². The molecule has 0 N–H and O–H groups in total. The lowest BCUT2D eigenvalue weighted by Gasteiger charge is -2.13. The summed E-state index contributed by atoms with van der Waals surface area (Å²) >= 11 is 9.44. The monoisotopic (exact) mass is 408 g/mol. The molecule has 0 amide bonds. The van der Waals surface area contributed by atoms with Crippen molar-refractivity contribution in [1.29, 1.82) is 0 Å². The Hall–Kier alpha value is -1.57. The highest BCUT2D eigenvalue weighted by Crippen LogP contribution is 2.29. The quantitative estimate of drug-likeness (QED) is 0.531. The van der Waals surface area contributed by atoms with Crippen LogP contribution < -0.4 is 4.74 Å². The van der Waals surface area contributed by atoms with E-state index in [0.717, 1.165) is 27.4 Å². The highest BCUT2D eigenvalue weighted by molar-refractivity contribution is 7.98. The maximum atomic E-state index is 6.11. The molecule has 1 aromatic carbocycles. The highest BCUT2D eigenvalue weighted by atomic mass is 35.5. The van der Waals surface area contributed by atoms with Crippen LogP contribution in [0.5, 0.6) is 5.75 Å². The number of thioether (sulfide) groups is 1. The molecule has 138 valence electrons.